The second-order valence-corrected chi connectivity index (χ2v) is 6.20. The number of alkyl halides is 1. The van der Waals surface area contributed by atoms with E-state index in [0.29, 0.717) is 22.6 Å². The second kappa shape index (κ2) is 8.28. The molecule has 2 heterocycles. The van der Waals surface area contributed by atoms with Gasteiger partial charge in [-0.3, -0.25) is 9.59 Å². The molecule has 1 amide bonds. The Bertz CT molecular complexity index is 880. The number of carbonyl (C=O) groups is 1. The van der Waals surface area contributed by atoms with E-state index in [1.54, 1.807) is 11.0 Å². The molecular formula is C16H15Cl2N3O2S. The van der Waals surface area contributed by atoms with E-state index >= 15 is 0 Å². The van der Waals surface area contributed by atoms with Crippen LogP contribution in [0.1, 0.15) is 11.4 Å². The summed E-state index contributed by atoms with van der Waals surface area (Å²) in [5.74, 6) is 0.136. The molecule has 1 N–H and O–H groups in total. The number of hydrogen-bond donors (Lipinski definition) is 1. The number of benzene rings is 1. The molecule has 1 aromatic carbocycles. The van der Waals surface area contributed by atoms with Crippen molar-refractivity contribution in [3.8, 4) is 0 Å². The molecule has 24 heavy (non-hydrogen) atoms. The Hall–Kier alpha value is -1.89. The molecule has 0 aliphatic heterocycles. The summed E-state index contributed by atoms with van der Waals surface area (Å²) < 4.78 is 0.590. The summed E-state index contributed by atoms with van der Waals surface area (Å²) in [5, 5.41) is 1.82. The zero-order valence-electron chi connectivity index (χ0n) is 12.6. The zero-order valence-corrected chi connectivity index (χ0v) is 15.0. The average Bonchev–Trinajstić information content (AvgIpc) is 3.03. The molecule has 8 heteroatoms. The highest BCUT2D eigenvalue weighted by molar-refractivity contribution is 7.17. The maximum atomic E-state index is 12.1. The Labute approximate surface area is 153 Å². The number of nitrogens with one attached hydrogen (secondary N) is 1. The van der Waals surface area contributed by atoms with Crippen LogP contribution in [0.2, 0.25) is 0 Å². The van der Waals surface area contributed by atoms with Crippen LogP contribution in [0.25, 0.3) is 10.2 Å². The monoisotopic (exact) mass is 383 g/mol. The van der Waals surface area contributed by atoms with Crippen LogP contribution in [0.5, 0.6) is 0 Å². The Morgan fingerprint density at radius 3 is 2.67 bits per heavy atom. The van der Waals surface area contributed by atoms with Crippen molar-refractivity contribution >= 4 is 51.5 Å². The highest BCUT2D eigenvalue weighted by atomic mass is 35.5. The first-order valence-electron chi connectivity index (χ1n) is 7.01. The molecule has 0 unspecified atom stereocenters. The lowest BCUT2D eigenvalue weighted by Gasteiger charge is -2.21. The molecule has 0 aliphatic carbocycles. The minimum atomic E-state index is -0.205. The smallest absolute Gasteiger partial charge is 0.268 e. The molecule has 0 radical (unpaired) electrons. The van der Waals surface area contributed by atoms with Crippen LogP contribution in [0, 0.1) is 0 Å². The first-order chi connectivity index (χ1) is 11.2. The number of amides is 1. The van der Waals surface area contributed by atoms with Gasteiger partial charge in [-0.05, 0) is 17.0 Å². The summed E-state index contributed by atoms with van der Waals surface area (Å²) in [6, 6.07) is 11.4. The van der Waals surface area contributed by atoms with Gasteiger partial charge in [0.1, 0.15) is 16.4 Å². The number of hydrogen-bond acceptors (Lipinski definition) is 4. The van der Waals surface area contributed by atoms with E-state index in [1.165, 1.54) is 11.3 Å². The Morgan fingerprint density at radius 2 is 1.96 bits per heavy atom. The van der Waals surface area contributed by atoms with E-state index in [0.717, 1.165) is 5.56 Å². The summed E-state index contributed by atoms with van der Waals surface area (Å²) in [4.78, 5) is 32.9. The molecule has 0 saturated carbocycles. The van der Waals surface area contributed by atoms with Crippen molar-refractivity contribution < 1.29 is 4.79 Å². The van der Waals surface area contributed by atoms with Crippen LogP contribution in [-0.4, -0.2) is 26.7 Å². The van der Waals surface area contributed by atoms with E-state index in [9.17, 15) is 9.59 Å². The fourth-order valence-electron chi connectivity index (χ4n) is 2.30. The van der Waals surface area contributed by atoms with Crippen molar-refractivity contribution in [1.29, 1.82) is 0 Å². The van der Waals surface area contributed by atoms with Gasteiger partial charge in [0.05, 0.1) is 12.1 Å². The normalized spacial score (nSPS) is 10.4. The predicted molar refractivity (Wildman–Crippen MR) is 98.9 cm³/mol. The number of halogens is 2. The summed E-state index contributed by atoms with van der Waals surface area (Å²) in [7, 11) is 0. The van der Waals surface area contributed by atoms with Crippen molar-refractivity contribution in [1.82, 2.24) is 14.9 Å². The van der Waals surface area contributed by atoms with Gasteiger partial charge < -0.3 is 9.88 Å². The predicted octanol–water partition coefficient (Wildman–Crippen LogP) is 3.17. The van der Waals surface area contributed by atoms with E-state index in [4.69, 9.17) is 11.6 Å². The summed E-state index contributed by atoms with van der Waals surface area (Å²) in [6.07, 6.45) is 0. The third kappa shape index (κ3) is 4.14. The topological polar surface area (TPSA) is 66.1 Å². The fourth-order valence-corrected chi connectivity index (χ4v) is 3.19. The number of carbonyl (C=O) groups excluding carboxylic acids is 1. The third-order valence-electron chi connectivity index (χ3n) is 3.39. The van der Waals surface area contributed by atoms with Crippen molar-refractivity contribution in [2.45, 2.75) is 13.1 Å². The number of H-pyrrole nitrogens is 1. The van der Waals surface area contributed by atoms with Gasteiger partial charge in [-0.1, -0.05) is 30.3 Å². The molecule has 0 spiro atoms. The molecule has 5 nitrogen and oxygen atoms in total. The van der Waals surface area contributed by atoms with Crippen molar-refractivity contribution in [2.24, 2.45) is 0 Å². The highest BCUT2D eigenvalue weighted by Crippen LogP contribution is 2.15. The Morgan fingerprint density at radius 1 is 1.21 bits per heavy atom. The van der Waals surface area contributed by atoms with Crippen LogP contribution >= 0.6 is 35.3 Å². The zero-order chi connectivity index (χ0) is 16.2. The number of nitrogens with zero attached hydrogens (tertiary/aromatic N) is 2. The van der Waals surface area contributed by atoms with Crippen LogP contribution in [-0.2, 0) is 17.9 Å². The lowest BCUT2D eigenvalue weighted by molar-refractivity contribution is -0.129. The Balaban J connectivity index is 0.00000208. The maximum Gasteiger partial charge on any atom is 0.268 e. The maximum absolute atomic E-state index is 12.1. The molecular weight excluding hydrogens is 369 g/mol. The van der Waals surface area contributed by atoms with Crippen molar-refractivity contribution in [3.05, 3.63) is 63.5 Å². The fraction of sp³-hybridized carbons (Fsp3) is 0.188. The second-order valence-electron chi connectivity index (χ2n) is 5.02. The summed E-state index contributed by atoms with van der Waals surface area (Å²) >= 11 is 7.05. The van der Waals surface area contributed by atoms with Gasteiger partial charge in [-0.2, -0.15) is 0 Å². The number of thiophene rings is 1. The van der Waals surface area contributed by atoms with E-state index in [-0.39, 0.29) is 36.3 Å². The standard InChI is InChI=1S/C16H14ClN3O2S.ClH/c17-8-14(21)20(9-11-4-2-1-3-5-11)10-13-18-12-6-7-23-15(12)16(22)19-13;/h1-7H,8-10H2,(H,18,19,22);1H. The van der Waals surface area contributed by atoms with Gasteiger partial charge in [-0.25, -0.2) is 4.98 Å². The summed E-state index contributed by atoms with van der Waals surface area (Å²) in [5.41, 5.74) is 1.45. The molecule has 3 aromatic rings. The molecule has 0 bridgehead atoms. The molecule has 0 aliphatic rings. The number of fused-ring (bicyclic) bond motifs is 1. The first kappa shape index (κ1) is 18.4. The molecule has 3 rings (SSSR count). The van der Waals surface area contributed by atoms with Crippen LogP contribution in [0.3, 0.4) is 0 Å². The Kier molecular flexibility index (Phi) is 6.36. The molecule has 0 atom stereocenters. The lowest BCUT2D eigenvalue weighted by Crippen LogP contribution is -2.32. The van der Waals surface area contributed by atoms with Gasteiger partial charge in [0.2, 0.25) is 5.91 Å². The molecule has 0 saturated heterocycles. The first-order valence-corrected chi connectivity index (χ1v) is 8.43. The number of aromatic amines is 1. The average molecular weight is 384 g/mol. The SMILES string of the molecule is Cl.O=C(CCl)N(Cc1ccccc1)Cc1nc2ccsc2c(=O)[nH]1. The van der Waals surface area contributed by atoms with Gasteiger partial charge in [0.25, 0.3) is 5.56 Å². The third-order valence-corrected chi connectivity index (χ3v) is 4.52. The van der Waals surface area contributed by atoms with Crippen LogP contribution in [0.15, 0.2) is 46.6 Å². The minimum absolute atomic E-state index is 0. The van der Waals surface area contributed by atoms with Gasteiger partial charge in [0.15, 0.2) is 0 Å². The number of rotatable bonds is 5. The van der Waals surface area contributed by atoms with Crippen LogP contribution < -0.4 is 5.56 Å². The molecule has 2 aromatic heterocycles. The summed E-state index contributed by atoms with van der Waals surface area (Å²) in [6.45, 7) is 0.624. The minimum Gasteiger partial charge on any atom is -0.330 e. The number of aromatic nitrogens is 2. The molecule has 126 valence electrons. The van der Waals surface area contributed by atoms with Gasteiger partial charge in [-0.15, -0.1) is 35.3 Å². The lowest BCUT2D eigenvalue weighted by atomic mass is 10.2. The largest absolute Gasteiger partial charge is 0.330 e. The van der Waals surface area contributed by atoms with E-state index < -0.39 is 0 Å². The van der Waals surface area contributed by atoms with E-state index in [2.05, 4.69) is 9.97 Å². The van der Waals surface area contributed by atoms with E-state index in [1.807, 2.05) is 35.7 Å². The van der Waals surface area contributed by atoms with Gasteiger partial charge in [0, 0.05) is 6.54 Å². The quantitative estimate of drug-likeness (QED) is 0.688. The molecule has 0 fully saturated rings. The van der Waals surface area contributed by atoms with Crippen molar-refractivity contribution in [3.63, 3.8) is 0 Å². The van der Waals surface area contributed by atoms with Crippen LogP contribution in [0.4, 0.5) is 0 Å². The highest BCUT2D eigenvalue weighted by Gasteiger charge is 2.15. The van der Waals surface area contributed by atoms with Crippen molar-refractivity contribution in [2.75, 3.05) is 5.88 Å². The van der Waals surface area contributed by atoms with Gasteiger partial charge >= 0.3 is 0 Å².